The fourth-order valence-corrected chi connectivity index (χ4v) is 1.14. The number of nitriles is 1. The molecule has 3 heteroatoms. The molecule has 1 atom stereocenters. The number of hydrogen-bond acceptors (Lipinski definition) is 2. The maximum Gasteiger partial charge on any atom is 0.303 e. The second-order valence-corrected chi connectivity index (χ2v) is 3.38. The van der Waals surface area contributed by atoms with E-state index in [1.807, 2.05) is 6.92 Å². The van der Waals surface area contributed by atoms with Crippen molar-refractivity contribution in [2.75, 3.05) is 0 Å². The Kier molecular flexibility index (Phi) is 6.99. The Balaban J connectivity index is 3.09. The van der Waals surface area contributed by atoms with Gasteiger partial charge in [-0.2, -0.15) is 5.26 Å². The molecule has 0 saturated carbocycles. The quantitative estimate of drug-likeness (QED) is 0.617. The van der Waals surface area contributed by atoms with Crippen LogP contribution in [0.15, 0.2) is 0 Å². The molecule has 0 saturated heterocycles. The summed E-state index contributed by atoms with van der Waals surface area (Å²) in [5, 5.41) is 16.8. The van der Waals surface area contributed by atoms with Crippen LogP contribution in [0.2, 0.25) is 0 Å². The molecule has 1 unspecified atom stereocenters. The van der Waals surface area contributed by atoms with E-state index in [2.05, 4.69) is 6.07 Å². The van der Waals surface area contributed by atoms with Crippen LogP contribution in [0.25, 0.3) is 0 Å². The third kappa shape index (κ3) is 8.87. The second-order valence-electron chi connectivity index (χ2n) is 3.38. The first kappa shape index (κ1) is 12.0. The van der Waals surface area contributed by atoms with Gasteiger partial charge >= 0.3 is 5.97 Å². The van der Waals surface area contributed by atoms with Crippen molar-refractivity contribution < 1.29 is 9.90 Å². The van der Waals surface area contributed by atoms with Crippen LogP contribution >= 0.6 is 0 Å². The van der Waals surface area contributed by atoms with Gasteiger partial charge in [0.25, 0.3) is 0 Å². The van der Waals surface area contributed by atoms with Crippen molar-refractivity contribution >= 4 is 5.97 Å². The van der Waals surface area contributed by atoms with Crippen LogP contribution in [0.4, 0.5) is 0 Å². The summed E-state index contributed by atoms with van der Waals surface area (Å²) in [5.74, 6) is -0.579. The maximum absolute atomic E-state index is 10.1. The van der Waals surface area contributed by atoms with E-state index in [0.717, 1.165) is 32.1 Å². The van der Waals surface area contributed by atoms with Gasteiger partial charge in [0, 0.05) is 12.3 Å². The molecule has 1 N–H and O–H groups in total. The number of unbranched alkanes of at least 4 members (excludes halogenated alkanes) is 3. The van der Waals surface area contributed by atoms with Crippen molar-refractivity contribution in [2.45, 2.75) is 45.4 Å². The number of carboxylic acids is 1. The molecule has 0 bridgehead atoms. The molecule has 0 rings (SSSR count). The number of carbonyl (C=O) groups is 1. The summed E-state index contributed by atoms with van der Waals surface area (Å²) in [6.45, 7) is 1.91. The Morgan fingerprint density at radius 2 is 2.00 bits per heavy atom. The van der Waals surface area contributed by atoms with E-state index >= 15 is 0 Å². The van der Waals surface area contributed by atoms with E-state index in [0.29, 0.717) is 0 Å². The lowest BCUT2D eigenvalue weighted by Gasteiger charge is -2.01. The van der Waals surface area contributed by atoms with Crippen LogP contribution in [0, 0.1) is 17.2 Å². The fraction of sp³-hybridized carbons (Fsp3) is 0.800. The molecule has 3 nitrogen and oxygen atoms in total. The standard InChI is InChI=1S/C10H17NO2/c1-9(8-11)6-4-2-3-5-7-10(12)13/h9H,2-7H2,1H3,(H,12,13). The summed E-state index contributed by atoms with van der Waals surface area (Å²) in [7, 11) is 0. The van der Waals surface area contributed by atoms with Crippen molar-refractivity contribution in [1.29, 1.82) is 5.26 Å². The highest BCUT2D eigenvalue weighted by Gasteiger charge is 1.99. The van der Waals surface area contributed by atoms with Gasteiger partial charge in [-0.25, -0.2) is 0 Å². The van der Waals surface area contributed by atoms with Crippen LogP contribution in [-0.2, 0) is 4.79 Å². The average Bonchev–Trinajstić information content (AvgIpc) is 2.10. The molecule has 0 fully saturated rings. The SMILES string of the molecule is CC(C#N)CCCCCCC(=O)O. The summed E-state index contributed by atoms with van der Waals surface area (Å²) < 4.78 is 0. The molecule has 0 aliphatic heterocycles. The van der Waals surface area contributed by atoms with Gasteiger partial charge < -0.3 is 5.11 Å². The Hall–Kier alpha value is -1.04. The van der Waals surface area contributed by atoms with Gasteiger partial charge in [0.15, 0.2) is 0 Å². The van der Waals surface area contributed by atoms with Crippen LogP contribution in [0.1, 0.15) is 45.4 Å². The lowest BCUT2D eigenvalue weighted by atomic mass is 10.0. The number of carboxylic acid groups (broad SMARTS) is 1. The molecule has 0 radical (unpaired) electrons. The van der Waals surface area contributed by atoms with Crippen molar-refractivity contribution in [3.8, 4) is 6.07 Å². The Labute approximate surface area is 79.4 Å². The van der Waals surface area contributed by atoms with Crippen molar-refractivity contribution in [1.82, 2.24) is 0 Å². The maximum atomic E-state index is 10.1. The molecule has 0 aromatic heterocycles. The van der Waals surface area contributed by atoms with Gasteiger partial charge in [-0.05, 0) is 19.8 Å². The average molecular weight is 183 g/mol. The van der Waals surface area contributed by atoms with E-state index in [4.69, 9.17) is 10.4 Å². The molecule has 0 aliphatic carbocycles. The summed E-state index contributed by atoms with van der Waals surface area (Å²) in [4.78, 5) is 10.1. The topological polar surface area (TPSA) is 61.1 Å². The molecular formula is C10H17NO2. The highest BCUT2D eigenvalue weighted by atomic mass is 16.4. The van der Waals surface area contributed by atoms with Crippen LogP contribution in [0.3, 0.4) is 0 Å². The van der Waals surface area contributed by atoms with E-state index in [9.17, 15) is 4.79 Å². The molecule has 13 heavy (non-hydrogen) atoms. The molecule has 0 amide bonds. The first-order valence-electron chi connectivity index (χ1n) is 4.78. The predicted octanol–water partition coefficient (Wildman–Crippen LogP) is 2.57. The summed E-state index contributed by atoms with van der Waals surface area (Å²) in [6.07, 6.45) is 5.01. The van der Waals surface area contributed by atoms with Gasteiger partial charge in [0.2, 0.25) is 0 Å². The second kappa shape index (κ2) is 7.60. The summed E-state index contributed by atoms with van der Waals surface area (Å²) >= 11 is 0. The monoisotopic (exact) mass is 183 g/mol. The smallest absolute Gasteiger partial charge is 0.303 e. The molecular weight excluding hydrogens is 166 g/mol. The number of aliphatic carboxylic acids is 1. The fourth-order valence-electron chi connectivity index (χ4n) is 1.14. The number of rotatable bonds is 7. The lowest BCUT2D eigenvalue weighted by Crippen LogP contribution is -1.94. The summed E-state index contributed by atoms with van der Waals surface area (Å²) in [6, 6.07) is 2.18. The predicted molar refractivity (Wildman–Crippen MR) is 50.1 cm³/mol. The van der Waals surface area contributed by atoms with Gasteiger partial charge in [-0.3, -0.25) is 4.79 Å². The Bertz CT molecular complexity index is 184. The first-order valence-corrected chi connectivity index (χ1v) is 4.78. The van der Waals surface area contributed by atoms with Crippen LogP contribution in [0.5, 0.6) is 0 Å². The Morgan fingerprint density at radius 3 is 2.54 bits per heavy atom. The minimum absolute atomic E-state index is 0.138. The van der Waals surface area contributed by atoms with Gasteiger partial charge in [0.1, 0.15) is 0 Å². The minimum Gasteiger partial charge on any atom is -0.481 e. The lowest BCUT2D eigenvalue weighted by molar-refractivity contribution is -0.137. The van der Waals surface area contributed by atoms with Crippen LogP contribution < -0.4 is 0 Å². The molecule has 0 aromatic carbocycles. The van der Waals surface area contributed by atoms with Crippen molar-refractivity contribution in [3.05, 3.63) is 0 Å². The number of nitrogens with zero attached hydrogens (tertiary/aromatic N) is 1. The van der Waals surface area contributed by atoms with Gasteiger partial charge in [-0.1, -0.05) is 19.3 Å². The zero-order chi connectivity index (χ0) is 10.1. The summed E-state index contributed by atoms with van der Waals surface area (Å²) in [5.41, 5.74) is 0. The normalized spacial score (nSPS) is 12.0. The van der Waals surface area contributed by atoms with Gasteiger partial charge in [-0.15, -0.1) is 0 Å². The van der Waals surface area contributed by atoms with Crippen molar-refractivity contribution in [2.24, 2.45) is 5.92 Å². The molecule has 0 aliphatic rings. The molecule has 0 aromatic rings. The third-order valence-corrected chi connectivity index (χ3v) is 2.00. The van der Waals surface area contributed by atoms with Gasteiger partial charge in [0.05, 0.1) is 6.07 Å². The third-order valence-electron chi connectivity index (χ3n) is 2.00. The molecule has 0 spiro atoms. The largest absolute Gasteiger partial charge is 0.481 e. The Morgan fingerprint density at radius 1 is 1.38 bits per heavy atom. The van der Waals surface area contributed by atoms with E-state index in [-0.39, 0.29) is 12.3 Å². The molecule has 74 valence electrons. The minimum atomic E-state index is -0.717. The molecule has 0 heterocycles. The zero-order valence-corrected chi connectivity index (χ0v) is 8.12. The van der Waals surface area contributed by atoms with E-state index < -0.39 is 5.97 Å². The zero-order valence-electron chi connectivity index (χ0n) is 8.12. The van der Waals surface area contributed by atoms with E-state index in [1.54, 1.807) is 0 Å². The number of hydrogen-bond donors (Lipinski definition) is 1. The highest BCUT2D eigenvalue weighted by molar-refractivity contribution is 5.66. The van der Waals surface area contributed by atoms with Crippen LogP contribution in [-0.4, -0.2) is 11.1 Å². The van der Waals surface area contributed by atoms with E-state index in [1.165, 1.54) is 0 Å². The highest BCUT2D eigenvalue weighted by Crippen LogP contribution is 2.10. The van der Waals surface area contributed by atoms with Crippen molar-refractivity contribution in [3.63, 3.8) is 0 Å². The first-order chi connectivity index (χ1) is 6.16.